The zero-order chi connectivity index (χ0) is 25.8. The average Bonchev–Trinajstić information content (AvgIpc) is 3.26. The second-order valence-electron chi connectivity index (χ2n) is 10.4. The first-order valence-electron chi connectivity index (χ1n) is 12.0. The van der Waals surface area contributed by atoms with Crippen molar-refractivity contribution in [3.05, 3.63) is 54.4 Å². The summed E-state index contributed by atoms with van der Waals surface area (Å²) in [6, 6.07) is 15.2. The van der Waals surface area contributed by atoms with E-state index >= 15 is 0 Å². The van der Waals surface area contributed by atoms with E-state index in [0.29, 0.717) is 24.7 Å². The monoisotopic (exact) mass is 495 g/mol. The number of oxazole rings is 1. The molecule has 0 saturated heterocycles. The van der Waals surface area contributed by atoms with Crippen LogP contribution in [0, 0.1) is 5.92 Å². The van der Waals surface area contributed by atoms with Crippen molar-refractivity contribution in [3.63, 3.8) is 0 Å². The second-order valence-corrected chi connectivity index (χ2v) is 15.2. The van der Waals surface area contributed by atoms with Crippen molar-refractivity contribution in [3.8, 4) is 34.1 Å². The van der Waals surface area contributed by atoms with Crippen LogP contribution < -0.4 is 9.47 Å². The van der Waals surface area contributed by atoms with Gasteiger partial charge in [0, 0.05) is 17.0 Å². The molecule has 3 rings (SSSR count). The summed E-state index contributed by atoms with van der Waals surface area (Å²) in [5.41, 5.74) is 2.28. The molecule has 0 radical (unpaired) electrons. The van der Waals surface area contributed by atoms with Crippen LogP contribution in [-0.2, 0) is 4.43 Å². The Morgan fingerprint density at radius 1 is 0.943 bits per heavy atom. The van der Waals surface area contributed by atoms with Crippen LogP contribution in [0.1, 0.15) is 45.3 Å². The average molecular weight is 496 g/mol. The third-order valence-corrected chi connectivity index (χ3v) is 11.0. The highest BCUT2D eigenvalue weighted by Gasteiger charge is 2.36. The molecule has 0 atom stereocenters. The first kappa shape index (κ1) is 26.7. The lowest BCUT2D eigenvalue weighted by molar-refractivity contribution is 0.0905. The summed E-state index contributed by atoms with van der Waals surface area (Å²) in [5, 5.41) is 0.170. The van der Waals surface area contributed by atoms with Gasteiger partial charge in [0.2, 0.25) is 5.78 Å². The van der Waals surface area contributed by atoms with E-state index in [1.165, 1.54) is 0 Å². The quantitative estimate of drug-likeness (QED) is 0.167. The first-order chi connectivity index (χ1) is 16.4. The third-order valence-electron chi connectivity index (χ3n) is 6.46. The van der Waals surface area contributed by atoms with Crippen molar-refractivity contribution in [2.24, 2.45) is 5.92 Å². The molecule has 0 bridgehead atoms. The molecule has 35 heavy (non-hydrogen) atoms. The molecule has 0 aliphatic rings. The standard InChI is InChI=1S/C28H37NO5Si/c1-19(2)25(30)27-29-24(26(34-27)21-11-13-22(31-6)14-12-21)20-9-15-23(16-10-20)32-17-18-33-35(7,8)28(3,4)5/h9-16,19H,17-18H2,1-8H3. The number of rotatable bonds is 10. The zero-order valence-corrected chi connectivity index (χ0v) is 23.1. The van der Waals surface area contributed by atoms with Crippen LogP contribution >= 0.6 is 0 Å². The lowest BCUT2D eigenvalue weighted by Crippen LogP contribution is -2.41. The molecular weight excluding hydrogens is 458 g/mol. The van der Waals surface area contributed by atoms with Crippen LogP contribution in [0.15, 0.2) is 52.9 Å². The number of methoxy groups -OCH3 is 1. The normalized spacial score (nSPS) is 12.1. The molecule has 1 heterocycles. The van der Waals surface area contributed by atoms with Gasteiger partial charge in [-0.15, -0.1) is 0 Å². The van der Waals surface area contributed by atoms with E-state index in [4.69, 9.17) is 18.3 Å². The minimum atomic E-state index is -1.79. The van der Waals surface area contributed by atoms with Gasteiger partial charge in [0.1, 0.15) is 23.8 Å². The van der Waals surface area contributed by atoms with Gasteiger partial charge in [-0.2, -0.15) is 0 Å². The van der Waals surface area contributed by atoms with Gasteiger partial charge in [-0.25, -0.2) is 4.98 Å². The van der Waals surface area contributed by atoms with Crippen LogP contribution in [-0.4, -0.2) is 39.4 Å². The maximum atomic E-state index is 12.6. The smallest absolute Gasteiger partial charge is 0.264 e. The topological polar surface area (TPSA) is 70.8 Å². The SMILES string of the molecule is COc1ccc(-c2oc(C(=O)C(C)C)nc2-c2ccc(OCCO[Si](C)(C)C(C)(C)C)cc2)cc1. The van der Waals surface area contributed by atoms with Crippen molar-refractivity contribution in [2.45, 2.75) is 52.8 Å². The van der Waals surface area contributed by atoms with Gasteiger partial charge in [0.05, 0.1) is 13.7 Å². The molecule has 0 saturated carbocycles. The van der Waals surface area contributed by atoms with E-state index in [0.717, 1.165) is 22.6 Å². The second kappa shape index (κ2) is 10.8. The van der Waals surface area contributed by atoms with Crippen LogP contribution in [0.3, 0.4) is 0 Å². The summed E-state index contributed by atoms with van der Waals surface area (Å²) in [7, 11) is -0.168. The van der Waals surface area contributed by atoms with Gasteiger partial charge in [0.25, 0.3) is 5.89 Å². The summed E-state index contributed by atoms with van der Waals surface area (Å²) >= 11 is 0. The fraction of sp³-hybridized carbons (Fsp3) is 0.429. The lowest BCUT2D eigenvalue weighted by Gasteiger charge is -2.36. The largest absolute Gasteiger partial charge is 0.497 e. The summed E-state index contributed by atoms with van der Waals surface area (Å²) in [4.78, 5) is 17.2. The molecule has 0 unspecified atom stereocenters. The van der Waals surface area contributed by atoms with Crippen LogP contribution in [0.25, 0.3) is 22.6 Å². The summed E-state index contributed by atoms with van der Waals surface area (Å²) in [5.74, 6) is 1.81. The van der Waals surface area contributed by atoms with Gasteiger partial charge >= 0.3 is 0 Å². The number of Topliss-reactive ketones (excluding diaryl/α,β-unsaturated/α-hetero) is 1. The fourth-order valence-corrected chi connectivity index (χ4v) is 4.21. The summed E-state index contributed by atoms with van der Waals surface area (Å²) in [6.07, 6.45) is 0. The van der Waals surface area contributed by atoms with Crippen molar-refractivity contribution in [2.75, 3.05) is 20.3 Å². The molecule has 3 aromatic rings. The van der Waals surface area contributed by atoms with E-state index in [9.17, 15) is 4.79 Å². The number of ether oxygens (including phenoxy) is 2. The first-order valence-corrected chi connectivity index (χ1v) is 14.9. The van der Waals surface area contributed by atoms with Gasteiger partial charge in [0.15, 0.2) is 14.1 Å². The maximum absolute atomic E-state index is 12.6. The Morgan fingerprint density at radius 3 is 2.06 bits per heavy atom. The molecule has 0 fully saturated rings. The highest BCUT2D eigenvalue weighted by Crippen LogP contribution is 2.37. The molecule has 188 valence electrons. The molecule has 0 aliphatic heterocycles. The number of hydrogen-bond acceptors (Lipinski definition) is 6. The van der Waals surface area contributed by atoms with Crippen molar-refractivity contribution < 1.29 is 23.1 Å². The van der Waals surface area contributed by atoms with E-state index < -0.39 is 8.32 Å². The van der Waals surface area contributed by atoms with Gasteiger partial charge < -0.3 is 18.3 Å². The Labute approximate surface area is 209 Å². The fourth-order valence-electron chi connectivity index (χ4n) is 3.19. The van der Waals surface area contributed by atoms with E-state index in [-0.39, 0.29) is 22.6 Å². The Bertz CT molecular complexity index is 1130. The minimum Gasteiger partial charge on any atom is -0.497 e. The van der Waals surface area contributed by atoms with Crippen molar-refractivity contribution in [1.82, 2.24) is 4.98 Å². The van der Waals surface area contributed by atoms with Gasteiger partial charge in [-0.1, -0.05) is 34.6 Å². The third kappa shape index (κ3) is 6.41. The molecule has 2 aromatic carbocycles. The number of hydrogen-bond donors (Lipinski definition) is 0. The Kier molecular flexibility index (Phi) is 8.23. The maximum Gasteiger partial charge on any atom is 0.264 e. The van der Waals surface area contributed by atoms with Gasteiger partial charge in [-0.3, -0.25) is 4.79 Å². The molecule has 6 nitrogen and oxygen atoms in total. The number of carbonyl (C=O) groups is 1. The number of nitrogens with zero attached hydrogens (tertiary/aromatic N) is 1. The Balaban J connectivity index is 1.79. The van der Waals surface area contributed by atoms with E-state index in [1.807, 2.05) is 62.4 Å². The predicted octanol–water partition coefficient (Wildman–Crippen LogP) is 7.26. The number of carbonyl (C=O) groups excluding carboxylic acids is 1. The Hall–Kier alpha value is -2.90. The highest BCUT2D eigenvalue weighted by molar-refractivity contribution is 6.74. The molecule has 0 amide bonds. The zero-order valence-electron chi connectivity index (χ0n) is 22.1. The minimum absolute atomic E-state index is 0.115. The molecular formula is C28H37NO5Si. The molecule has 0 spiro atoms. The number of aromatic nitrogens is 1. The predicted molar refractivity (Wildman–Crippen MR) is 142 cm³/mol. The van der Waals surface area contributed by atoms with Crippen LogP contribution in [0.4, 0.5) is 0 Å². The van der Waals surface area contributed by atoms with Crippen LogP contribution in [0.5, 0.6) is 11.5 Å². The Morgan fingerprint density at radius 2 is 1.51 bits per heavy atom. The molecule has 1 aromatic heterocycles. The van der Waals surface area contributed by atoms with E-state index in [2.05, 4.69) is 38.8 Å². The van der Waals surface area contributed by atoms with Gasteiger partial charge in [-0.05, 0) is 66.7 Å². The molecule has 0 aliphatic carbocycles. The van der Waals surface area contributed by atoms with Crippen molar-refractivity contribution in [1.29, 1.82) is 0 Å². The number of ketones is 1. The summed E-state index contributed by atoms with van der Waals surface area (Å²) < 4.78 is 23.3. The van der Waals surface area contributed by atoms with Crippen LogP contribution in [0.2, 0.25) is 18.1 Å². The molecule has 7 heteroatoms. The number of benzene rings is 2. The highest BCUT2D eigenvalue weighted by atomic mass is 28.4. The van der Waals surface area contributed by atoms with Crippen molar-refractivity contribution >= 4 is 14.1 Å². The lowest BCUT2D eigenvalue weighted by atomic mass is 10.1. The summed E-state index contributed by atoms with van der Waals surface area (Å²) in [6.45, 7) is 15.9. The molecule has 0 N–H and O–H groups in total. The van der Waals surface area contributed by atoms with E-state index in [1.54, 1.807) is 7.11 Å².